The Balaban J connectivity index is 1.27. The third-order valence-electron chi connectivity index (χ3n) is 5.99. The van der Waals surface area contributed by atoms with Crippen LogP contribution in [0.2, 0.25) is 0 Å². The van der Waals surface area contributed by atoms with Gasteiger partial charge in [0.1, 0.15) is 0 Å². The Morgan fingerprint density at radius 3 is 2.39 bits per heavy atom. The zero-order valence-corrected chi connectivity index (χ0v) is 19.4. The lowest BCUT2D eigenvalue weighted by molar-refractivity contribution is -0.120. The second-order valence-electron chi connectivity index (χ2n) is 8.38. The van der Waals surface area contributed by atoms with Crippen LogP contribution in [0, 0.1) is 0 Å². The first kappa shape index (κ1) is 23.2. The standard InChI is InChI=1S/C27H29NO4S/c29-27(15-16-33(30,31)26-14-13-22-11-6-12-23(22)17-26)28-18-24-9-4-5-10-25(24)20-32-19-21-7-2-1-3-8-21/h1-5,7-10,13-14,17H,6,11-12,15-16,18-20H2,(H,28,29). The van der Waals surface area contributed by atoms with Gasteiger partial charge in [-0.25, -0.2) is 8.42 Å². The van der Waals surface area contributed by atoms with Crippen molar-refractivity contribution in [2.75, 3.05) is 5.75 Å². The highest BCUT2D eigenvalue weighted by Gasteiger charge is 2.20. The lowest BCUT2D eigenvalue weighted by Crippen LogP contribution is -2.25. The normalized spacial score (nSPS) is 13.0. The molecule has 0 saturated carbocycles. The van der Waals surface area contributed by atoms with Crippen LogP contribution in [0.4, 0.5) is 0 Å². The summed E-state index contributed by atoms with van der Waals surface area (Å²) < 4.78 is 31.2. The first-order valence-corrected chi connectivity index (χ1v) is 13.0. The molecule has 0 spiro atoms. The van der Waals surface area contributed by atoms with Crippen LogP contribution in [0.15, 0.2) is 77.7 Å². The molecule has 0 aliphatic heterocycles. The van der Waals surface area contributed by atoms with E-state index in [-0.39, 0.29) is 18.1 Å². The van der Waals surface area contributed by atoms with Gasteiger partial charge in [0, 0.05) is 13.0 Å². The molecule has 1 aliphatic carbocycles. The molecule has 0 unspecified atom stereocenters. The summed E-state index contributed by atoms with van der Waals surface area (Å²) in [5.41, 5.74) is 5.41. The van der Waals surface area contributed by atoms with Gasteiger partial charge in [0.2, 0.25) is 5.91 Å². The maximum Gasteiger partial charge on any atom is 0.221 e. The lowest BCUT2D eigenvalue weighted by Gasteiger charge is -2.12. The molecule has 5 nitrogen and oxygen atoms in total. The lowest BCUT2D eigenvalue weighted by atomic mass is 10.1. The van der Waals surface area contributed by atoms with E-state index in [1.54, 1.807) is 12.1 Å². The molecular weight excluding hydrogens is 434 g/mol. The number of ether oxygens (including phenoxy) is 1. The first-order valence-electron chi connectivity index (χ1n) is 11.3. The molecule has 3 aromatic rings. The highest BCUT2D eigenvalue weighted by Crippen LogP contribution is 2.25. The van der Waals surface area contributed by atoms with Crippen molar-refractivity contribution in [1.82, 2.24) is 5.32 Å². The average Bonchev–Trinajstić information content (AvgIpc) is 3.31. The van der Waals surface area contributed by atoms with E-state index in [9.17, 15) is 13.2 Å². The van der Waals surface area contributed by atoms with Crippen LogP contribution >= 0.6 is 0 Å². The average molecular weight is 464 g/mol. The molecule has 0 fully saturated rings. The number of sulfone groups is 1. The van der Waals surface area contributed by atoms with Gasteiger partial charge in [0.15, 0.2) is 9.84 Å². The molecule has 0 atom stereocenters. The Labute approximate surface area is 195 Å². The van der Waals surface area contributed by atoms with E-state index in [2.05, 4.69) is 5.32 Å². The molecular formula is C27H29NO4S. The third-order valence-corrected chi connectivity index (χ3v) is 7.70. The van der Waals surface area contributed by atoms with Crippen LogP contribution in [0.1, 0.15) is 40.7 Å². The van der Waals surface area contributed by atoms with Crippen LogP contribution in [0.3, 0.4) is 0 Å². The van der Waals surface area contributed by atoms with Crippen molar-refractivity contribution in [3.05, 3.63) is 101 Å². The van der Waals surface area contributed by atoms with Crippen LogP contribution in [-0.2, 0) is 52.0 Å². The first-order chi connectivity index (χ1) is 16.0. The van der Waals surface area contributed by atoms with Gasteiger partial charge in [-0.15, -0.1) is 0 Å². The van der Waals surface area contributed by atoms with Crippen LogP contribution in [-0.4, -0.2) is 20.1 Å². The molecule has 0 saturated heterocycles. The smallest absolute Gasteiger partial charge is 0.221 e. The van der Waals surface area contributed by atoms with Gasteiger partial charge in [0.25, 0.3) is 0 Å². The number of carbonyl (C=O) groups is 1. The van der Waals surface area contributed by atoms with Gasteiger partial charge < -0.3 is 10.1 Å². The topological polar surface area (TPSA) is 72.5 Å². The SMILES string of the molecule is O=C(CCS(=O)(=O)c1ccc2c(c1)CCC2)NCc1ccccc1COCc1ccccc1. The molecule has 33 heavy (non-hydrogen) atoms. The van der Waals surface area contributed by atoms with E-state index < -0.39 is 9.84 Å². The number of aryl methyl sites for hydroxylation is 2. The Hall–Kier alpha value is -2.96. The minimum Gasteiger partial charge on any atom is -0.372 e. The van der Waals surface area contributed by atoms with Gasteiger partial charge in [0.05, 0.1) is 23.9 Å². The quantitative estimate of drug-likeness (QED) is 0.485. The second kappa shape index (κ2) is 10.8. The van der Waals surface area contributed by atoms with Crippen LogP contribution in [0.25, 0.3) is 0 Å². The molecule has 0 heterocycles. The van der Waals surface area contributed by atoms with Gasteiger partial charge in [-0.05, 0) is 59.2 Å². The molecule has 3 aromatic carbocycles. The van der Waals surface area contributed by atoms with Gasteiger partial charge in [-0.2, -0.15) is 0 Å². The minimum absolute atomic E-state index is 0.0634. The zero-order chi connectivity index (χ0) is 23.1. The van der Waals surface area contributed by atoms with Crippen molar-refractivity contribution >= 4 is 15.7 Å². The molecule has 1 aliphatic rings. The second-order valence-corrected chi connectivity index (χ2v) is 10.5. The fraction of sp³-hybridized carbons (Fsp3) is 0.296. The van der Waals surface area contributed by atoms with Gasteiger partial charge >= 0.3 is 0 Å². The molecule has 1 N–H and O–H groups in total. The number of fused-ring (bicyclic) bond motifs is 1. The Morgan fingerprint density at radius 2 is 1.58 bits per heavy atom. The maximum atomic E-state index is 12.7. The Morgan fingerprint density at radius 1 is 0.848 bits per heavy atom. The van der Waals surface area contributed by atoms with Gasteiger partial charge in [-0.1, -0.05) is 60.7 Å². The molecule has 172 valence electrons. The van der Waals surface area contributed by atoms with Crippen LogP contribution < -0.4 is 5.32 Å². The fourth-order valence-electron chi connectivity index (χ4n) is 4.09. The van der Waals surface area contributed by atoms with Crippen molar-refractivity contribution in [3.63, 3.8) is 0 Å². The highest BCUT2D eigenvalue weighted by molar-refractivity contribution is 7.91. The Kier molecular flexibility index (Phi) is 7.57. The monoisotopic (exact) mass is 463 g/mol. The predicted octanol–water partition coefficient (Wildman–Crippen LogP) is 4.37. The molecule has 0 radical (unpaired) electrons. The van der Waals surface area contributed by atoms with Gasteiger partial charge in [-0.3, -0.25) is 4.79 Å². The summed E-state index contributed by atoms with van der Waals surface area (Å²) in [6.45, 7) is 1.29. The van der Waals surface area contributed by atoms with E-state index in [0.717, 1.165) is 41.5 Å². The van der Waals surface area contributed by atoms with Crippen molar-refractivity contribution in [1.29, 1.82) is 0 Å². The molecule has 4 rings (SSSR count). The maximum absolute atomic E-state index is 12.7. The summed E-state index contributed by atoms with van der Waals surface area (Å²) in [4.78, 5) is 12.7. The van der Waals surface area contributed by atoms with Crippen molar-refractivity contribution < 1.29 is 17.9 Å². The fourth-order valence-corrected chi connectivity index (χ4v) is 5.38. The van der Waals surface area contributed by atoms with Crippen LogP contribution in [0.5, 0.6) is 0 Å². The molecule has 0 aromatic heterocycles. The predicted molar refractivity (Wildman–Crippen MR) is 128 cm³/mol. The van der Waals surface area contributed by atoms with E-state index in [1.807, 2.05) is 60.7 Å². The van der Waals surface area contributed by atoms with Crippen molar-refractivity contribution in [2.24, 2.45) is 0 Å². The molecule has 1 amide bonds. The third kappa shape index (κ3) is 6.30. The summed E-state index contributed by atoms with van der Waals surface area (Å²) in [5, 5.41) is 2.85. The zero-order valence-electron chi connectivity index (χ0n) is 18.6. The highest BCUT2D eigenvalue weighted by atomic mass is 32.2. The number of nitrogens with one attached hydrogen (secondary N) is 1. The Bertz CT molecular complexity index is 1210. The summed E-state index contributed by atoms with van der Waals surface area (Å²) in [6.07, 6.45) is 2.94. The summed E-state index contributed by atoms with van der Waals surface area (Å²) in [5.74, 6) is -0.473. The number of amides is 1. The van der Waals surface area contributed by atoms with Crippen molar-refractivity contribution in [2.45, 2.75) is 50.3 Å². The number of hydrogen-bond acceptors (Lipinski definition) is 4. The van der Waals surface area contributed by atoms with E-state index in [0.29, 0.717) is 24.7 Å². The number of rotatable bonds is 10. The summed E-state index contributed by atoms with van der Waals surface area (Å²) >= 11 is 0. The minimum atomic E-state index is -3.49. The molecule has 0 bridgehead atoms. The van der Waals surface area contributed by atoms with E-state index in [1.165, 1.54) is 5.56 Å². The van der Waals surface area contributed by atoms with E-state index >= 15 is 0 Å². The largest absolute Gasteiger partial charge is 0.372 e. The number of carbonyl (C=O) groups excluding carboxylic acids is 1. The molecule has 6 heteroatoms. The summed E-state index contributed by atoms with van der Waals surface area (Å²) in [6, 6.07) is 23.1. The van der Waals surface area contributed by atoms with Crippen molar-refractivity contribution in [3.8, 4) is 0 Å². The summed E-state index contributed by atoms with van der Waals surface area (Å²) in [7, 11) is -3.49. The number of hydrogen-bond donors (Lipinski definition) is 1. The number of benzene rings is 3. The van der Waals surface area contributed by atoms with E-state index in [4.69, 9.17) is 4.74 Å².